The molecule has 1 aromatic heterocycles. The Bertz CT molecular complexity index is 433. The van der Waals surface area contributed by atoms with Crippen LogP contribution < -0.4 is 5.32 Å². The van der Waals surface area contributed by atoms with E-state index in [4.69, 9.17) is 0 Å². The molecule has 0 spiro atoms. The van der Waals surface area contributed by atoms with Gasteiger partial charge in [-0.2, -0.15) is 18.3 Å². The van der Waals surface area contributed by atoms with Crippen molar-refractivity contribution in [2.45, 2.75) is 64.8 Å². The lowest BCUT2D eigenvalue weighted by molar-refractivity contribution is -0.143. The molecule has 6 heteroatoms. The molecule has 0 unspecified atom stereocenters. The highest BCUT2D eigenvalue weighted by Crippen LogP contribution is 2.24. The molecule has 3 nitrogen and oxygen atoms in total. The minimum atomic E-state index is -4.22. The van der Waals surface area contributed by atoms with E-state index < -0.39 is 12.7 Å². The Morgan fingerprint density at radius 2 is 1.95 bits per heavy atom. The fourth-order valence-corrected chi connectivity index (χ4v) is 2.31. The van der Waals surface area contributed by atoms with Gasteiger partial charge in [-0.3, -0.25) is 4.68 Å². The maximum Gasteiger partial charge on any atom is 0.408 e. The summed E-state index contributed by atoms with van der Waals surface area (Å²) in [7, 11) is 0. The van der Waals surface area contributed by atoms with Crippen LogP contribution in [-0.2, 0) is 25.9 Å². The molecule has 108 valence electrons. The first-order chi connectivity index (χ1) is 8.94. The summed E-state index contributed by atoms with van der Waals surface area (Å²) in [5.74, 6) is 0. The Morgan fingerprint density at radius 1 is 1.26 bits per heavy atom. The van der Waals surface area contributed by atoms with Crippen LogP contribution in [0.2, 0.25) is 0 Å². The first kappa shape index (κ1) is 14.4. The maximum atomic E-state index is 12.6. The number of hydrogen-bond acceptors (Lipinski definition) is 2. The second-order valence-electron chi connectivity index (χ2n) is 5.01. The summed E-state index contributed by atoms with van der Waals surface area (Å²) in [6, 6.07) is 0.542. The molecular weight excluding hydrogens is 255 g/mol. The minimum absolute atomic E-state index is 0.542. The predicted octanol–water partition coefficient (Wildman–Crippen LogP) is 2.82. The maximum absolute atomic E-state index is 12.6. The molecule has 0 bridgehead atoms. The highest BCUT2D eigenvalue weighted by Gasteiger charge is 2.31. The molecular formula is C13H20F3N3. The fraction of sp³-hybridized carbons (Fsp3) is 0.769. The summed E-state index contributed by atoms with van der Waals surface area (Å²) in [5.41, 5.74) is 2.46. The summed E-state index contributed by atoms with van der Waals surface area (Å²) in [4.78, 5) is 0. The molecule has 1 aromatic rings. The van der Waals surface area contributed by atoms with Gasteiger partial charge in [0.1, 0.15) is 6.54 Å². The molecule has 19 heavy (non-hydrogen) atoms. The van der Waals surface area contributed by atoms with Gasteiger partial charge in [0, 0.05) is 23.8 Å². The molecule has 2 rings (SSSR count). The molecule has 1 saturated carbocycles. The summed E-state index contributed by atoms with van der Waals surface area (Å²) >= 11 is 0. The average Bonchev–Trinajstić information content (AvgIpc) is 3.08. The highest BCUT2D eigenvalue weighted by atomic mass is 19.4. The number of nitrogens with zero attached hydrogens (tertiary/aromatic N) is 2. The van der Waals surface area contributed by atoms with Crippen LogP contribution in [0, 0.1) is 0 Å². The van der Waals surface area contributed by atoms with Gasteiger partial charge in [-0.1, -0.05) is 13.8 Å². The zero-order valence-corrected chi connectivity index (χ0v) is 11.3. The first-order valence-electron chi connectivity index (χ1n) is 6.82. The molecule has 1 heterocycles. The number of aromatic nitrogens is 2. The van der Waals surface area contributed by atoms with Crippen molar-refractivity contribution in [1.82, 2.24) is 15.1 Å². The number of nitrogens with one attached hydrogen (secondary N) is 1. The smallest absolute Gasteiger partial charge is 0.310 e. The highest BCUT2D eigenvalue weighted by molar-refractivity contribution is 5.27. The van der Waals surface area contributed by atoms with Crippen LogP contribution in [0.3, 0.4) is 0 Å². The van der Waals surface area contributed by atoms with Crippen molar-refractivity contribution < 1.29 is 13.2 Å². The number of alkyl halides is 3. The van der Waals surface area contributed by atoms with Crippen molar-refractivity contribution in [1.29, 1.82) is 0 Å². The topological polar surface area (TPSA) is 29.9 Å². The van der Waals surface area contributed by atoms with Crippen molar-refractivity contribution in [3.05, 3.63) is 17.0 Å². The third-order valence-corrected chi connectivity index (χ3v) is 3.39. The quantitative estimate of drug-likeness (QED) is 0.865. The lowest BCUT2D eigenvalue weighted by atomic mass is 10.1. The van der Waals surface area contributed by atoms with Crippen LogP contribution >= 0.6 is 0 Å². The largest absolute Gasteiger partial charge is 0.408 e. The van der Waals surface area contributed by atoms with E-state index in [-0.39, 0.29) is 0 Å². The molecule has 1 fully saturated rings. The zero-order chi connectivity index (χ0) is 14.0. The second-order valence-corrected chi connectivity index (χ2v) is 5.01. The van der Waals surface area contributed by atoms with Crippen LogP contribution in [0.4, 0.5) is 13.2 Å². The summed E-state index contributed by atoms with van der Waals surface area (Å²) in [6.07, 6.45) is -0.647. The second kappa shape index (κ2) is 5.53. The molecule has 1 aliphatic rings. The molecule has 0 aromatic carbocycles. The van der Waals surface area contributed by atoms with Gasteiger partial charge < -0.3 is 5.32 Å². The number of aryl methyl sites for hydroxylation is 1. The van der Waals surface area contributed by atoms with E-state index in [9.17, 15) is 13.2 Å². The molecule has 0 atom stereocenters. The van der Waals surface area contributed by atoms with Crippen molar-refractivity contribution >= 4 is 0 Å². The molecule has 0 aliphatic heterocycles. The Morgan fingerprint density at radius 3 is 2.42 bits per heavy atom. The van der Waals surface area contributed by atoms with Gasteiger partial charge in [-0.05, 0) is 25.7 Å². The van der Waals surface area contributed by atoms with E-state index >= 15 is 0 Å². The van der Waals surface area contributed by atoms with Gasteiger partial charge in [0.25, 0.3) is 0 Å². The van der Waals surface area contributed by atoms with Crippen LogP contribution in [0.15, 0.2) is 0 Å². The third kappa shape index (κ3) is 3.72. The van der Waals surface area contributed by atoms with Gasteiger partial charge in [0.15, 0.2) is 0 Å². The van der Waals surface area contributed by atoms with Crippen molar-refractivity contribution in [2.24, 2.45) is 0 Å². The van der Waals surface area contributed by atoms with E-state index in [0.717, 1.165) is 15.9 Å². The normalized spacial score (nSPS) is 16.1. The van der Waals surface area contributed by atoms with Gasteiger partial charge in [0.05, 0.1) is 5.69 Å². The lowest BCUT2D eigenvalue weighted by Crippen LogP contribution is -2.21. The van der Waals surface area contributed by atoms with E-state index in [1.807, 2.05) is 13.8 Å². The van der Waals surface area contributed by atoms with Crippen LogP contribution in [0.5, 0.6) is 0 Å². The van der Waals surface area contributed by atoms with Gasteiger partial charge in [-0.15, -0.1) is 0 Å². The number of hydrogen-bond donors (Lipinski definition) is 1. The third-order valence-electron chi connectivity index (χ3n) is 3.39. The average molecular weight is 275 g/mol. The molecule has 0 radical (unpaired) electrons. The van der Waals surface area contributed by atoms with E-state index in [1.54, 1.807) is 0 Å². The van der Waals surface area contributed by atoms with Crippen LogP contribution in [0.1, 0.15) is 43.6 Å². The molecule has 1 N–H and O–H groups in total. The Kier molecular flexibility index (Phi) is 4.18. The van der Waals surface area contributed by atoms with Gasteiger partial charge in [-0.25, -0.2) is 0 Å². The fourth-order valence-electron chi connectivity index (χ4n) is 2.31. The number of halogens is 3. The summed E-state index contributed by atoms with van der Waals surface area (Å²) < 4.78 is 38.8. The predicted molar refractivity (Wildman–Crippen MR) is 66.9 cm³/mol. The Balaban J connectivity index is 2.22. The minimum Gasteiger partial charge on any atom is -0.310 e. The molecule has 0 saturated heterocycles. The van der Waals surface area contributed by atoms with Crippen molar-refractivity contribution in [3.8, 4) is 0 Å². The standard InChI is InChI=1S/C13H20F3N3/c1-3-11-10(7-17-9-5-6-9)12(4-2)19(18-11)8-13(14,15)16/h9,17H,3-8H2,1-2H3. The Hall–Kier alpha value is -1.04. The van der Waals surface area contributed by atoms with Crippen LogP contribution in [0.25, 0.3) is 0 Å². The SMILES string of the molecule is CCc1nn(CC(F)(F)F)c(CC)c1CNC1CC1. The van der Waals surface area contributed by atoms with E-state index in [1.165, 1.54) is 12.8 Å². The van der Waals surface area contributed by atoms with Gasteiger partial charge >= 0.3 is 6.18 Å². The van der Waals surface area contributed by atoms with Crippen molar-refractivity contribution in [2.75, 3.05) is 0 Å². The monoisotopic (exact) mass is 275 g/mol. The van der Waals surface area contributed by atoms with Crippen molar-refractivity contribution in [3.63, 3.8) is 0 Å². The first-order valence-corrected chi connectivity index (χ1v) is 6.82. The molecule has 0 amide bonds. The van der Waals surface area contributed by atoms with Crippen LogP contribution in [-0.4, -0.2) is 22.0 Å². The summed E-state index contributed by atoms with van der Waals surface area (Å²) in [6.45, 7) is 3.45. The lowest BCUT2D eigenvalue weighted by Gasteiger charge is -2.10. The summed E-state index contributed by atoms with van der Waals surface area (Å²) in [5, 5.41) is 7.50. The zero-order valence-electron chi connectivity index (χ0n) is 11.3. The molecule has 1 aliphatic carbocycles. The van der Waals surface area contributed by atoms with E-state index in [2.05, 4.69) is 10.4 Å². The van der Waals surface area contributed by atoms with E-state index in [0.29, 0.717) is 31.1 Å². The Labute approximate surface area is 111 Å². The van der Waals surface area contributed by atoms with Gasteiger partial charge in [0.2, 0.25) is 0 Å². The number of rotatable bonds is 6.